The van der Waals surface area contributed by atoms with E-state index in [1.165, 1.54) is 24.3 Å². The number of nitrogens with zero attached hydrogens (tertiary/aromatic N) is 2. The molecule has 0 atom stereocenters. The van der Waals surface area contributed by atoms with Crippen LogP contribution >= 0.6 is 11.3 Å². The van der Waals surface area contributed by atoms with Gasteiger partial charge >= 0.3 is 18.4 Å². The lowest BCUT2D eigenvalue weighted by molar-refractivity contribution is -0.274. The Morgan fingerprint density at radius 3 is 2.29 bits per heavy atom. The number of hydrogen-bond donors (Lipinski definition) is 0. The normalized spacial score (nSPS) is 13.4. The van der Waals surface area contributed by atoms with E-state index in [0.717, 1.165) is 28.3 Å². The van der Waals surface area contributed by atoms with Gasteiger partial charge in [0, 0.05) is 0 Å². The Kier molecular flexibility index (Phi) is 7.10. The number of aryl methyl sites for hydroxylation is 1. The fourth-order valence-corrected chi connectivity index (χ4v) is 4.70. The second-order valence-corrected chi connectivity index (χ2v) is 9.34. The lowest BCUT2D eigenvalue weighted by Gasteiger charge is -2.10. The van der Waals surface area contributed by atoms with Crippen LogP contribution < -0.4 is 9.54 Å². The maximum atomic E-state index is 12.7. The molecule has 0 unspecified atom stereocenters. The van der Waals surface area contributed by atoms with Crippen LogP contribution in [-0.2, 0) is 25.6 Å². The molecule has 15 heteroatoms. The quantitative estimate of drug-likeness (QED) is 0.352. The van der Waals surface area contributed by atoms with Crippen LogP contribution in [0.3, 0.4) is 0 Å². The van der Waals surface area contributed by atoms with Crippen molar-refractivity contribution in [2.45, 2.75) is 30.9 Å². The average Bonchev–Trinajstić information content (AvgIpc) is 3.02. The molecule has 0 saturated carbocycles. The van der Waals surface area contributed by atoms with Crippen LogP contribution in [0.25, 0.3) is 10.2 Å². The highest BCUT2D eigenvalue weighted by Crippen LogP contribution is 2.28. The number of ether oxygens (including phenoxy) is 1. The van der Waals surface area contributed by atoms with E-state index in [1.54, 1.807) is 6.92 Å². The lowest BCUT2D eigenvalue weighted by Crippen LogP contribution is -2.26. The van der Waals surface area contributed by atoms with Gasteiger partial charge in [-0.3, -0.25) is 8.98 Å². The van der Waals surface area contributed by atoms with E-state index in [-0.39, 0.29) is 21.7 Å². The van der Waals surface area contributed by atoms with Crippen molar-refractivity contribution in [2.75, 3.05) is 6.61 Å². The Balaban J connectivity index is 1.95. The first-order chi connectivity index (χ1) is 15.7. The molecule has 3 rings (SSSR count). The van der Waals surface area contributed by atoms with Crippen LogP contribution in [0.1, 0.15) is 5.56 Å². The largest absolute Gasteiger partial charge is 0.573 e. The van der Waals surface area contributed by atoms with Gasteiger partial charge in [0.1, 0.15) is 5.75 Å². The van der Waals surface area contributed by atoms with Crippen LogP contribution in [-0.4, -0.2) is 38.0 Å². The van der Waals surface area contributed by atoms with E-state index in [1.807, 2.05) is 0 Å². The molecule has 0 bridgehead atoms. The summed E-state index contributed by atoms with van der Waals surface area (Å²) < 4.78 is 110. The fraction of sp³-hybridized carbons (Fsp3) is 0.263. The Bertz CT molecular complexity index is 1370. The number of carbonyl (C=O) groups is 1. The maximum absolute atomic E-state index is 12.7. The predicted octanol–water partition coefficient (Wildman–Crippen LogP) is 4.30. The zero-order chi connectivity index (χ0) is 25.3. The predicted molar refractivity (Wildman–Crippen MR) is 107 cm³/mol. The van der Waals surface area contributed by atoms with Crippen molar-refractivity contribution in [1.29, 1.82) is 0 Å². The van der Waals surface area contributed by atoms with Crippen molar-refractivity contribution in [3.8, 4) is 5.75 Å². The minimum Gasteiger partial charge on any atom is -0.406 e. The number of hydrogen-bond acceptors (Lipinski definition) is 6. The number of fused-ring (bicyclic) bond motifs is 1. The van der Waals surface area contributed by atoms with Crippen molar-refractivity contribution in [2.24, 2.45) is 4.99 Å². The first kappa shape index (κ1) is 25.7. The third-order valence-electron chi connectivity index (χ3n) is 4.19. The molecule has 0 aliphatic rings. The molecular weight excluding hydrogens is 514 g/mol. The summed E-state index contributed by atoms with van der Waals surface area (Å²) in [4.78, 5) is 13.7. The molecule has 0 N–H and O–H groups in total. The molecule has 7 nitrogen and oxygen atoms in total. The van der Waals surface area contributed by atoms with Gasteiger partial charge in [0.25, 0.3) is 10.1 Å². The van der Waals surface area contributed by atoms with E-state index in [2.05, 4.69) is 9.73 Å². The SMILES string of the molecule is Cc1ccc(S(=O)(=O)OCCn2/c(=N\C(=O)C(F)(F)F)sc3cc(OC(F)(F)F)ccc32)cc1. The molecule has 0 aliphatic carbocycles. The van der Waals surface area contributed by atoms with Gasteiger partial charge < -0.3 is 9.30 Å². The van der Waals surface area contributed by atoms with E-state index in [4.69, 9.17) is 4.18 Å². The highest BCUT2D eigenvalue weighted by Gasteiger charge is 2.38. The van der Waals surface area contributed by atoms with Crippen molar-refractivity contribution in [1.82, 2.24) is 4.57 Å². The van der Waals surface area contributed by atoms with Gasteiger partial charge in [-0.25, -0.2) is 0 Å². The number of alkyl halides is 6. The topological polar surface area (TPSA) is 87.0 Å². The van der Waals surface area contributed by atoms with Gasteiger partial charge in [0.15, 0.2) is 4.80 Å². The summed E-state index contributed by atoms with van der Waals surface area (Å²) in [5.74, 6) is -3.08. The Morgan fingerprint density at radius 2 is 1.71 bits per heavy atom. The van der Waals surface area contributed by atoms with Gasteiger partial charge in [-0.15, -0.1) is 13.2 Å². The summed E-state index contributed by atoms with van der Waals surface area (Å²) in [6.07, 6.45) is -10.3. The van der Waals surface area contributed by atoms with Crippen LogP contribution in [0.15, 0.2) is 52.4 Å². The molecule has 0 saturated heterocycles. The Hall–Kier alpha value is -2.91. The molecule has 184 valence electrons. The van der Waals surface area contributed by atoms with Crippen LogP contribution in [0.5, 0.6) is 5.75 Å². The first-order valence-corrected chi connectivity index (χ1v) is 11.4. The van der Waals surface area contributed by atoms with Crippen LogP contribution in [0, 0.1) is 6.92 Å². The summed E-state index contributed by atoms with van der Waals surface area (Å²) in [5, 5.41) is 0. The number of benzene rings is 2. The molecule has 0 radical (unpaired) electrons. The minimum absolute atomic E-state index is 0.0110. The third-order valence-corrected chi connectivity index (χ3v) is 6.56. The van der Waals surface area contributed by atoms with Gasteiger partial charge in [-0.1, -0.05) is 29.0 Å². The van der Waals surface area contributed by atoms with Crippen molar-refractivity contribution in [3.05, 3.63) is 52.8 Å². The lowest BCUT2D eigenvalue weighted by atomic mass is 10.2. The molecule has 0 aliphatic heterocycles. The smallest absolute Gasteiger partial charge is 0.406 e. The summed E-state index contributed by atoms with van der Waals surface area (Å²) >= 11 is 0.488. The molecule has 0 spiro atoms. The van der Waals surface area contributed by atoms with E-state index >= 15 is 0 Å². The van der Waals surface area contributed by atoms with E-state index in [0.29, 0.717) is 11.3 Å². The van der Waals surface area contributed by atoms with E-state index < -0.39 is 45.7 Å². The third kappa shape index (κ3) is 6.36. The summed E-state index contributed by atoms with van der Waals surface area (Å²) in [6, 6.07) is 8.63. The van der Waals surface area contributed by atoms with Gasteiger partial charge in [0.05, 0.1) is 28.3 Å². The van der Waals surface area contributed by atoms with Gasteiger partial charge in [0.2, 0.25) is 0 Å². The fourth-order valence-electron chi connectivity index (χ4n) is 2.71. The number of amides is 1. The minimum atomic E-state index is -5.29. The number of thiazole rings is 1. The molecule has 2 aromatic carbocycles. The molecule has 3 aromatic rings. The van der Waals surface area contributed by atoms with Gasteiger partial charge in [-0.05, 0) is 37.3 Å². The molecule has 1 heterocycles. The summed E-state index contributed by atoms with van der Waals surface area (Å²) in [6.45, 7) is 0.804. The van der Waals surface area contributed by atoms with Crippen LogP contribution in [0.4, 0.5) is 26.3 Å². The summed E-state index contributed by atoms with van der Waals surface area (Å²) in [5.41, 5.74) is 0.887. The second-order valence-electron chi connectivity index (χ2n) is 6.72. The zero-order valence-electron chi connectivity index (χ0n) is 17.0. The molecule has 1 aromatic heterocycles. The Morgan fingerprint density at radius 1 is 1.06 bits per heavy atom. The molecule has 34 heavy (non-hydrogen) atoms. The number of rotatable bonds is 6. The molecule has 0 fully saturated rings. The van der Waals surface area contributed by atoms with Crippen LogP contribution in [0.2, 0.25) is 0 Å². The standard InChI is InChI=1S/C19H14F6N2O5S2/c1-11-2-5-13(6-3-11)34(29,30)31-9-8-27-14-7-4-12(32-19(23,24)25)10-15(14)33-17(27)26-16(28)18(20,21)22/h2-7,10H,8-9H2,1H3/b26-17+. The van der Waals surface area contributed by atoms with Crippen molar-refractivity contribution < 1.29 is 48.5 Å². The second kappa shape index (κ2) is 9.38. The van der Waals surface area contributed by atoms with Gasteiger partial charge in [-0.2, -0.15) is 26.6 Å². The molecular formula is C19H14F6N2O5S2. The van der Waals surface area contributed by atoms with E-state index in [9.17, 15) is 39.6 Å². The monoisotopic (exact) mass is 528 g/mol. The number of halogens is 6. The Labute approximate surface area is 192 Å². The maximum Gasteiger partial charge on any atom is 0.573 e. The average molecular weight is 528 g/mol. The summed E-state index contributed by atoms with van der Waals surface area (Å²) in [7, 11) is -4.20. The highest BCUT2D eigenvalue weighted by atomic mass is 32.2. The first-order valence-electron chi connectivity index (χ1n) is 9.17. The zero-order valence-corrected chi connectivity index (χ0v) is 18.6. The van der Waals surface area contributed by atoms with Crippen molar-refractivity contribution >= 4 is 37.6 Å². The highest BCUT2D eigenvalue weighted by molar-refractivity contribution is 7.86. The number of aromatic nitrogens is 1. The van der Waals surface area contributed by atoms with Crippen molar-refractivity contribution in [3.63, 3.8) is 0 Å². The molecule has 1 amide bonds. The number of carbonyl (C=O) groups excluding carboxylic acids is 1.